The number of benzene rings is 2. The maximum Gasteiger partial charge on any atom is 0.261 e. The lowest BCUT2D eigenvalue weighted by Crippen LogP contribution is -2.39. The highest BCUT2D eigenvalue weighted by atomic mass is 35.5. The molecule has 2 aliphatic rings. The Labute approximate surface area is 177 Å². The van der Waals surface area contributed by atoms with E-state index in [1.165, 1.54) is 25.0 Å². The Morgan fingerprint density at radius 2 is 1.52 bits per heavy atom. The Morgan fingerprint density at radius 3 is 2.17 bits per heavy atom. The molecule has 2 aromatic carbocycles. The number of carbonyl (C=O) groups excluding carboxylic acids is 1. The van der Waals surface area contributed by atoms with E-state index in [1.807, 2.05) is 0 Å². The van der Waals surface area contributed by atoms with E-state index in [4.69, 9.17) is 0 Å². The molecule has 0 aromatic heterocycles. The normalized spacial score (nSPS) is 23.1. The van der Waals surface area contributed by atoms with Gasteiger partial charge in [0.1, 0.15) is 0 Å². The molecule has 2 unspecified atom stereocenters. The van der Waals surface area contributed by atoms with Gasteiger partial charge < -0.3 is 10.6 Å². The van der Waals surface area contributed by atoms with Crippen molar-refractivity contribution in [2.45, 2.75) is 49.1 Å². The third kappa shape index (κ3) is 5.29. The van der Waals surface area contributed by atoms with Gasteiger partial charge in [-0.05, 0) is 55.9 Å². The minimum atomic E-state index is -3.71. The van der Waals surface area contributed by atoms with Crippen molar-refractivity contribution in [1.82, 2.24) is 5.32 Å². The molecule has 4 rings (SSSR count). The van der Waals surface area contributed by atoms with Crippen molar-refractivity contribution in [2.24, 2.45) is 5.92 Å². The van der Waals surface area contributed by atoms with Crippen molar-refractivity contribution >= 4 is 39.7 Å². The zero-order valence-electron chi connectivity index (χ0n) is 16.0. The topological polar surface area (TPSA) is 87.3 Å². The van der Waals surface area contributed by atoms with Crippen LogP contribution in [0.3, 0.4) is 0 Å². The number of rotatable bonds is 6. The van der Waals surface area contributed by atoms with E-state index in [9.17, 15) is 13.2 Å². The molecule has 0 radical (unpaired) electrons. The Morgan fingerprint density at radius 1 is 0.931 bits per heavy atom. The summed E-state index contributed by atoms with van der Waals surface area (Å²) in [5.41, 5.74) is 0.842. The van der Waals surface area contributed by atoms with Gasteiger partial charge in [0.05, 0.1) is 16.3 Å². The third-order valence-corrected chi connectivity index (χ3v) is 6.93. The number of para-hydroxylation sites is 2. The summed E-state index contributed by atoms with van der Waals surface area (Å²) in [6.45, 7) is 0. The highest BCUT2D eigenvalue weighted by molar-refractivity contribution is 7.92. The van der Waals surface area contributed by atoms with Crippen LogP contribution in [0.4, 0.5) is 11.4 Å². The largest absolute Gasteiger partial charge is 0.324 e. The Kier molecular flexibility index (Phi) is 6.82. The second kappa shape index (κ2) is 9.15. The second-order valence-corrected chi connectivity index (χ2v) is 9.37. The number of amides is 1. The number of anilines is 2. The number of hydrogen-bond donors (Lipinski definition) is 3. The van der Waals surface area contributed by atoms with Crippen molar-refractivity contribution in [1.29, 1.82) is 0 Å². The fourth-order valence-electron chi connectivity index (χ4n) is 4.29. The van der Waals surface area contributed by atoms with E-state index in [2.05, 4.69) is 15.4 Å². The van der Waals surface area contributed by atoms with E-state index in [1.54, 1.807) is 42.5 Å². The van der Waals surface area contributed by atoms with Gasteiger partial charge in [0.15, 0.2) is 0 Å². The maximum absolute atomic E-state index is 12.6. The molecule has 0 aliphatic carbocycles. The van der Waals surface area contributed by atoms with Crippen LogP contribution in [-0.2, 0) is 14.8 Å². The zero-order valence-corrected chi connectivity index (χ0v) is 17.6. The van der Waals surface area contributed by atoms with Gasteiger partial charge >= 0.3 is 0 Å². The molecule has 2 bridgehead atoms. The van der Waals surface area contributed by atoms with Crippen LogP contribution in [0.5, 0.6) is 0 Å². The third-order valence-electron chi connectivity index (χ3n) is 5.54. The minimum absolute atomic E-state index is 0. The lowest BCUT2D eigenvalue weighted by Gasteiger charge is -2.28. The van der Waals surface area contributed by atoms with Crippen molar-refractivity contribution in [2.75, 3.05) is 10.0 Å². The van der Waals surface area contributed by atoms with Gasteiger partial charge in [-0.1, -0.05) is 30.3 Å². The smallest absolute Gasteiger partial charge is 0.261 e. The van der Waals surface area contributed by atoms with Gasteiger partial charge in [-0.25, -0.2) is 8.42 Å². The van der Waals surface area contributed by atoms with Crippen LogP contribution in [0.15, 0.2) is 59.5 Å². The molecule has 1 amide bonds. The van der Waals surface area contributed by atoms with E-state index in [0.717, 1.165) is 12.8 Å². The van der Waals surface area contributed by atoms with Gasteiger partial charge in [-0.2, -0.15) is 0 Å². The maximum atomic E-state index is 12.6. The molecule has 8 heteroatoms. The summed E-state index contributed by atoms with van der Waals surface area (Å²) in [5, 5.41) is 6.48. The molecule has 2 heterocycles. The monoisotopic (exact) mass is 435 g/mol. The first kappa shape index (κ1) is 21.6. The molecule has 2 atom stereocenters. The SMILES string of the molecule is Cl.O=C(CC1CC2CCC(C1)N2)Nc1ccccc1NS(=O)(=O)c1ccccc1. The number of piperidine rings is 1. The quantitative estimate of drug-likeness (QED) is 0.644. The molecule has 6 nitrogen and oxygen atoms in total. The van der Waals surface area contributed by atoms with Crippen LogP contribution in [0.2, 0.25) is 0 Å². The second-order valence-electron chi connectivity index (χ2n) is 7.69. The van der Waals surface area contributed by atoms with E-state index >= 15 is 0 Å². The molecule has 2 fully saturated rings. The van der Waals surface area contributed by atoms with Crippen molar-refractivity contribution in [3.63, 3.8) is 0 Å². The zero-order chi connectivity index (χ0) is 19.6. The van der Waals surface area contributed by atoms with Crippen LogP contribution in [0, 0.1) is 5.92 Å². The number of halogens is 1. The fraction of sp³-hybridized carbons (Fsp3) is 0.381. The summed E-state index contributed by atoms with van der Waals surface area (Å²) >= 11 is 0. The van der Waals surface area contributed by atoms with Gasteiger partial charge in [0, 0.05) is 18.5 Å². The Balaban J connectivity index is 0.00000240. The number of carbonyl (C=O) groups is 1. The highest BCUT2D eigenvalue weighted by Crippen LogP contribution is 2.33. The molecule has 3 N–H and O–H groups in total. The summed E-state index contributed by atoms with van der Waals surface area (Å²) in [4.78, 5) is 12.8. The summed E-state index contributed by atoms with van der Waals surface area (Å²) in [6.07, 6.45) is 4.94. The number of fused-ring (bicyclic) bond motifs is 2. The Hall–Kier alpha value is -2.09. The molecular weight excluding hydrogens is 410 g/mol. The van der Waals surface area contributed by atoms with Crippen LogP contribution in [-0.4, -0.2) is 26.4 Å². The molecule has 2 aliphatic heterocycles. The predicted octanol–water partition coefficient (Wildman–Crippen LogP) is 3.77. The van der Waals surface area contributed by atoms with Crippen LogP contribution in [0.1, 0.15) is 32.1 Å². The molecule has 2 saturated heterocycles. The number of hydrogen-bond acceptors (Lipinski definition) is 4. The van der Waals surface area contributed by atoms with Gasteiger partial charge in [-0.3, -0.25) is 9.52 Å². The van der Waals surface area contributed by atoms with Crippen molar-refractivity contribution in [3.05, 3.63) is 54.6 Å². The molecule has 0 saturated carbocycles. The van der Waals surface area contributed by atoms with Crippen LogP contribution < -0.4 is 15.4 Å². The standard InChI is InChI=1S/C21H25N3O3S.ClH/c25-21(14-15-12-16-10-11-17(13-15)22-16)23-19-8-4-5-9-20(19)24-28(26,27)18-6-2-1-3-7-18;/h1-9,15-17,22,24H,10-14H2,(H,23,25);1H. The first-order valence-electron chi connectivity index (χ1n) is 9.72. The molecule has 2 aromatic rings. The summed E-state index contributed by atoms with van der Waals surface area (Å²) in [5.74, 6) is 0.310. The van der Waals surface area contributed by atoms with E-state index < -0.39 is 10.0 Å². The summed E-state index contributed by atoms with van der Waals surface area (Å²) < 4.78 is 27.8. The first-order chi connectivity index (χ1) is 13.5. The van der Waals surface area contributed by atoms with Gasteiger partial charge in [0.25, 0.3) is 10.0 Å². The summed E-state index contributed by atoms with van der Waals surface area (Å²) in [7, 11) is -3.71. The van der Waals surface area contributed by atoms with Crippen molar-refractivity contribution in [3.8, 4) is 0 Å². The van der Waals surface area contributed by atoms with Crippen LogP contribution in [0.25, 0.3) is 0 Å². The van der Waals surface area contributed by atoms with E-state index in [0.29, 0.717) is 35.8 Å². The lowest BCUT2D eigenvalue weighted by molar-refractivity contribution is -0.117. The number of nitrogens with one attached hydrogen (secondary N) is 3. The van der Waals surface area contributed by atoms with Gasteiger partial charge in [-0.15, -0.1) is 12.4 Å². The molecule has 0 spiro atoms. The van der Waals surface area contributed by atoms with Crippen LogP contribution >= 0.6 is 12.4 Å². The first-order valence-corrected chi connectivity index (χ1v) is 11.2. The highest BCUT2D eigenvalue weighted by Gasteiger charge is 2.34. The van der Waals surface area contributed by atoms with Crippen molar-refractivity contribution < 1.29 is 13.2 Å². The summed E-state index contributed by atoms with van der Waals surface area (Å²) in [6, 6.07) is 16.2. The van der Waals surface area contributed by atoms with Gasteiger partial charge in [0.2, 0.25) is 5.91 Å². The molecule has 29 heavy (non-hydrogen) atoms. The minimum Gasteiger partial charge on any atom is -0.324 e. The molecular formula is C21H26ClN3O3S. The lowest BCUT2D eigenvalue weighted by atomic mass is 9.89. The average molecular weight is 436 g/mol. The number of sulfonamides is 1. The fourth-order valence-corrected chi connectivity index (χ4v) is 5.39. The molecule has 156 valence electrons. The van der Waals surface area contributed by atoms with E-state index in [-0.39, 0.29) is 23.2 Å². The predicted molar refractivity (Wildman–Crippen MR) is 117 cm³/mol. The average Bonchev–Trinajstić information content (AvgIpc) is 3.02. The Bertz CT molecular complexity index is 941.